The molecule has 0 atom stereocenters. The Bertz CT molecular complexity index is 1130. The SMILES string of the molecule is O=C(CSc1nnnn1-c1ccc(OC(F)(F)F)cc1)Nc1cc2c(cc1Cl)OCCO2. The lowest BCUT2D eigenvalue weighted by Crippen LogP contribution is -2.18. The predicted octanol–water partition coefficient (Wildman–Crippen LogP) is 3.72. The lowest BCUT2D eigenvalue weighted by Gasteiger charge is -2.20. The van der Waals surface area contributed by atoms with Gasteiger partial charge in [-0.1, -0.05) is 23.4 Å². The molecule has 1 aliphatic rings. The van der Waals surface area contributed by atoms with Gasteiger partial charge in [0, 0.05) is 12.1 Å². The van der Waals surface area contributed by atoms with E-state index < -0.39 is 6.36 Å². The third kappa shape index (κ3) is 5.34. The molecule has 2 aromatic carbocycles. The first-order chi connectivity index (χ1) is 15.3. The number of carbonyl (C=O) groups excluding carboxylic acids is 1. The van der Waals surface area contributed by atoms with Crippen molar-refractivity contribution in [1.82, 2.24) is 20.2 Å². The standard InChI is InChI=1S/C18H13ClF3N5O4S/c19-12-7-14-15(30-6-5-29-14)8-13(12)23-16(28)9-32-17-24-25-26-27(17)10-1-3-11(4-2-10)31-18(20,21)22/h1-4,7-8H,5-6,9H2,(H,23,28). The van der Waals surface area contributed by atoms with Crippen LogP contribution in [0.2, 0.25) is 5.02 Å². The van der Waals surface area contributed by atoms with Gasteiger partial charge in [-0.05, 0) is 34.7 Å². The van der Waals surface area contributed by atoms with E-state index in [2.05, 4.69) is 25.6 Å². The van der Waals surface area contributed by atoms with Crippen molar-refractivity contribution in [2.45, 2.75) is 11.5 Å². The van der Waals surface area contributed by atoms with Gasteiger partial charge < -0.3 is 19.5 Å². The number of amides is 1. The number of carbonyl (C=O) groups is 1. The number of anilines is 1. The van der Waals surface area contributed by atoms with E-state index in [1.807, 2.05) is 0 Å². The first-order valence-corrected chi connectivity index (χ1v) is 10.3. The molecule has 1 aliphatic heterocycles. The van der Waals surface area contributed by atoms with Crippen molar-refractivity contribution in [2.75, 3.05) is 24.3 Å². The number of hydrogen-bond acceptors (Lipinski definition) is 8. The highest BCUT2D eigenvalue weighted by atomic mass is 35.5. The number of aromatic nitrogens is 4. The number of fused-ring (bicyclic) bond motifs is 1. The fourth-order valence-corrected chi connectivity index (χ4v) is 3.59. The van der Waals surface area contributed by atoms with Gasteiger partial charge in [0.1, 0.15) is 19.0 Å². The maximum absolute atomic E-state index is 12.4. The molecule has 32 heavy (non-hydrogen) atoms. The van der Waals surface area contributed by atoms with Gasteiger partial charge in [0.15, 0.2) is 11.5 Å². The molecule has 1 amide bonds. The molecule has 168 valence electrons. The van der Waals surface area contributed by atoms with Gasteiger partial charge in [0.2, 0.25) is 11.1 Å². The van der Waals surface area contributed by atoms with Crippen LogP contribution in [0, 0.1) is 0 Å². The van der Waals surface area contributed by atoms with Crippen LogP contribution in [0.15, 0.2) is 41.6 Å². The maximum atomic E-state index is 12.4. The summed E-state index contributed by atoms with van der Waals surface area (Å²) in [6.45, 7) is 0.808. The van der Waals surface area contributed by atoms with Crippen LogP contribution >= 0.6 is 23.4 Å². The molecule has 0 radical (unpaired) electrons. The van der Waals surface area contributed by atoms with E-state index in [1.165, 1.54) is 16.8 Å². The molecule has 0 aliphatic carbocycles. The van der Waals surface area contributed by atoms with Crippen LogP contribution in [0.4, 0.5) is 18.9 Å². The summed E-state index contributed by atoms with van der Waals surface area (Å²) in [4.78, 5) is 12.4. The Morgan fingerprint density at radius 1 is 1.19 bits per heavy atom. The fraction of sp³-hybridized carbons (Fsp3) is 0.222. The van der Waals surface area contributed by atoms with E-state index in [9.17, 15) is 18.0 Å². The third-order valence-corrected chi connectivity index (χ3v) is 5.23. The van der Waals surface area contributed by atoms with Crippen LogP contribution in [0.5, 0.6) is 17.2 Å². The molecule has 0 spiro atoms. The Labute approximate surface area is 187 Å². The van der Waals surface area contributed by atoms with E-state index in [0.29, 0.717) is 41.1 Å². The summed E-state index contributed by atoms with van der Waals surface area (Å²) in [6.07, 6.45) is -4.79. The van der Waals surface area contributed by atoms with Crippen molar-refractivity contribution in [3.05, 3.63) is 41.4 Å². The molecule has 0 fully saturated rings. The van der Waals surface area contributed by atoms with Crippen molar-refractivity contribution in [3.63, 3.8) is 0 Å². The number of halogens is 4. The molecular weight excluding hydrogens is 475 g/mol. The first kappa shape index (κ1) is 22.0. The van der Waals surface area contributed by atoms with E-state index in [4.69, 9.17) is 21.1 Å². The highest BCUT2D eigenvalue weighted by Crippen LogP contribution is 2.38. The molecule has 0 unspecified atom stereocenters. The minimum Gasteiger partial charge on any atom is -0.486 e. The molecule has 0 bridgehead atoms. The highest BCUT2D eigenvalue weighted by Gasteiger charge is 2.31. The second-order valence-corrected chi connectivity index (χ2v) is 7.58. The summed E-state index contributed by atoms with van der Waals surface area (Å²) in [5.41, 5.74) is 0.753. The van der Waals surface area contributed by atoms with E-state index in [-0.39, 0.29) is 22.6 Å². The van der Waals surface area contributed by atoms with Crippen molar-refractivity contribution < 1.29 is 32.2 Å². The summed E-state index contributed by atoms with van der Waals surface area (Å²) >= 11 is 7.22. The van der Waals surface area contributed by atoms with Gasteiger partial charge >= 0.3 is 6.36 Å². The lowest BCUT2D eigenvalue weighted by molar-refractivity contribution is -0.274. The topological polar surface area (TPSA) is 100 Å². The average Bonchev–Trinajstić information content (AvgIpc) is 3.21. The number of nitrogens with one attached hydrogen (secondary N) is 1. The van der Waals surface area contributed by atoms with Crippen LogP contribution in [0.25, 0.3) is 5.69 Å². The third-order valence-electron chi connectivity index (χ3n) is 3.99. The van der Waals surface area contributed by atoms with Crippen LogP contribution in [0.1, 0.15) is 0 Å². The van der Waals surface area contributed by atoms with E-state index in [1.54, 1.807) is 12.1 Å². The minimum atomic E-state index is -4.79. The van der Waals surface area contributed by atoms with Gasteiger partial charge in [0.05, 0.1) is 22.2 Å². The number of benzene rings is 2. The Morgan fingerprint density at radius 2 is 1.88 bits per heavy atom. The normalized spacial score (nSPS) is 13.0. The van der Waals surface area contributed by atoms with Crippen LogP contribution in [0.3, 0.4) is 0 Å². The molecule has 1 aromatic heterocycles. The molecule has 2 heterocycles. The molecule has 0 saturated heterocycles. The Hall–Kier alpha value is -3.19. The molecule has 14 heteroatoms. The summed E-state index contributed by atoms with van der Waals surface area (Å²) in [5.74, 6) is 0.168. The van der Waals surface area contributed by atoms with Gasteiger partial charge in [-0.3, -0.25) is 4.79 Å². The predicted molar refractivity (Wildman–Crippen MR) is 108 cm³/mol. The Balaban J connectivity index is 1.39. The summed E-state index contributed by atoms with van der Waals surface area (Å²) in [6, 6.07) is 8.12. The Kier molecular flexibility index (Phi) is 6.28. The van der Waals surface area contributed by atoms with Crippen molar-refractivity contribution in [2.24, 2.45) is 0 Å². The van der Waals surface area contributed by atoms with Gasteiger partial charge in [-0.25, -0.2) is 0 Å². The van der Waals surface area contributed by atoms with Crippen molar-refractivity contribution >= 4 is 35.0 Å². The molecule has 3 aromatic rings. The van der Waals surface area contributed by atoms with Gasteiger partial charge in [-0.2, -0.15) is 4.68 Å². The van der Waals surface area contributed by atoms with E-state index >= 15 is 0 Å². The van der Waals surface area contributed by atoms with Crippen LogP contribution in [-0.2, 0) is 4.79 Å². The molecule has 9 nitrogen and oxygen atoms in total. The first-order valence-electron chi connectivity index (χ1n) is 8.95. The van der Waals surface area contributed by atoms with Gasteiger partial charge in [0.25, 0.3) is 0 Å². The second kappa shape index (κ2) is 9.12. The Morgan fingerprint density at radius 3 is 2.56 bits per heavy atom. The molecule has 1 N–H and O–H groups in total. The fourth-order valence-electron chi connectivity index (χ4n) is 2.70. The zero-order chi connectivity index (χ0) is 22.7. The number of rotatable bonds is 6. The number of hydrogen-bond donors (Lipinski definition) is 1. The number of nitrogens with zero attached hydrogens (tertiary/aromatic N) is 4. The number of ether oxygens (including phenoxy) is 3. The highest BCUT2D eigenvalue weighted by molar-refractivity contribution is 7.99. The van der Waals surface area contributed by atoms with Crippen molar-refractivity contribution in [1.29, 1.82) is 0 Å². The van der Waals surface area contributed by atoms with Crippen molar-refractivity contribution in [3.8, 4) is 22.9 Å². The minimum absolute atomic E-state index is 0.0551. The molecule has 0 saturated carbocycles. The molecule has 4 rings (SSSR count). The molecular formula is C18H13ClF3N5O4S. The monoisotopic (exact) mass is 487 g/mol. The van der Waals surface area contributed by atoms with E-state index in [0.717, 1.165) is 23.9 Å². The zero-order valence-electron chi connectivity index (χ0n) is 15.9. The van der Waals surface area contributed by atoms with Crippen LogP contribution in [-0.4, -0.2) is 51.4 Å². The summed E-state index contributed by atoms with van der Waals surface area (Å²) < 4.78 is 52.9. The second-order valence-electron chi connectivity index (χ2n) is 6.23. The lowest BCUT2D eigenvalue weighted by atomic mass is 10.2. The smallest absolute Gasteiger partial charge is 0.486 e. The zero-order valence-corrected chi connectivity index (χ0v) is 17.5. The quantitative estimate of drug-likeness (QED) is 0.525. The van der Waals surface area contributed by atoms with Crippen LogP contribution < -0.4 is 19.5 Å². The number of alkyl halides is 3. The maximum Gasteiger partial charge on any atom is 0.573 e. The summed E-state index contributed by atoms with van der Waals surface area (Å²) in [5, 5.41) is 14.4. The van der Waals surface area contributed by atoms with Gasteiger partial charge in [-0.15, -0.1) is 18.3 Å². The largest absolute Gasteiger partial charge is 0.573 e. The number of thioether (sulfide) groups is 1. The summed E-state index contributed by atoms with van der Waals surface area (Å²) in [7, 11) is 0. The average molecular weight is 488 g/mol. The number of tetrazole rings is 1.